The van der Waals surface area contributed by atoms with Gasteiger partial charge in [0.15, 0.2) is 0 Å². The van der Waals surface area contributed by atoms with Crippen molar-refractivity contribution in [2.75, 3.05) is 0 Å². The van der Waals surface area contributed by atoms with Gasteiger partial charge in [0.2, 0.25) is 5.91 Å². The van der Waals surface area contributed by atoms with E-state index in [1.807, 2.05) is 11.0 Å². The lowest BCUT2D eigenvalue weighted by molar-refractivity contribution is -0.158. The number of thiophene rings is 1. The number of carbonyl (C=O) groups excluding carboxylic acids is 2. The lowest BCUT2D eigenvalue weighted by atomic mass is 9.49. The summed E-state index contributed by atoms with van der Waals surface area (Å²) in [6.45, 7) is 1.24. The van der Waals surface area contributed by atoms with E-state index < -0.39 is 5.91 Å². The highest BCUT2D eigenvalue weighted by molar-refractivity contribution is 7.14. The first-order chi connectivity index (χ1) is 11.6. The van der Waals surface area contributed by atoms with Crippen molar-refractivity contribution in [3.8, 4) is 0 Å². The summed E-state index contributed by atoms with van der Waals surface area (Å²) in [5.74, 6) is 2.22. The third kappa shape index (κ3) is 2.09. The summed E-state index contributed by atoms with van der Waals surface area (Å²) >= 11 is 1.39. The number of hydroxylamine groups is 1. The molecule has 2 amide bonds. The van der Waals surface area contributed by atoms with E-state index in [1.165, 1.54) is 30.6 Å². The Morgan fingerprint density at radius 3 is 2.29 bits per heavy atom. The smallest absolute Gasteiger partial charge is 0.284 e. The highest BCUT2D eigenvalue weighted by atomic mass is 32.1. The summed E-state index contributed by atoms with van der Waals surface area (Å²) in [7, 11) is 0. The molecule has 0 radical (unpaired) electrons. The van der Waals surface area contributed by atoms with Crippen molar-refractivity contribution < 1.29 is 14.8 Å². The minimum Gasteiger partial charge on any atom is -0.333 e. The number of fused-ring (bicyclic) bond motifs is 1. The highest BCUT2D eigenvalue weighted by Gasteiger charge is 2.56. The van der Waals surface area contributed by atoms with Crippen molar-refractivity contribution in [3.05, 3.63) is 21.4 Å². The minimum absolute atomic E-state index is 0.0891. The number of amides is 2. The Labute approximate surface area is 145 Å². The Balaban J connectivity index is 1.35. The van der Waals surface area contributed by atoms with Crippen molar-refractivity contribution in [2.45, 2.75) is 51.6 Å². The summed E-state index contributed by atoms with van der Waals surface area (Å²) in [4.78, 5) is 28.5. The standard InChI is InChI=1S/C18H22N2O3S/c21-16(19-23)14-4-13-8-20(9-15(13)24-14)17(22)18-5-10-1-11(6-18)3-12(2-10)7-18/h4,10-12,23H,1-3,5-9H2,(H,19,21). The van der Waals surface area contributed by atoms with Crippen LogP contribution in [-0.4, -0.2) is 21.9 Å². The summed E-state index contributed by atoms with van der Waals surface area (Å²) < 4.78 is 0. The van der Waals surface area contributed by atoms with Gasteiger partial charge in [-0.15, -0.1) is 11.3 Å². The van der Waals surface area contributed by atoms with Crippen molar-refractivity contribution in [1.29, 1.82) is 0 Å². The van der Waals surface area contributed by atoms with Gasteiger partial charge in [-0.1, -0.05) is 0 Å². The van der Waals surface area contributed by atoms with E-state index in [1.54, 1.807) is 5.48 Å². The van der Waals surface area contributed by atoms with Crippen LogP contribution in [0.3, 0.4) is 0 Å². The van der Waals surface area contributed by atoms with Gasteiger partial charge in [0, 0.05) is 11.4 Å². The molecule has 0 saturated heterocycles. The molecular formula is C18H22N2O3S. The minimum atomic E-state index is -0.464. The predicted octanol–water partition coefficient (Wildman–Crippen LogP) is 2.93. The number of hydrogen-bond donors (Lipinski definition) is 2. The zero-order valence-corrected chi connectivity index (χ0v) is 14.4. The first-order valence-corrected chi connectivity index (χ1v) is 9.73. The molecule has 5 nitrogen and oxygen atoms in total. The topological polar surface area (TPSA) is 69.6 Å². The van der Waals surface area contributed by atoms with Gasteiger partial charge in [-0.25, -0.2) is 5.48 Å². The van der Waals surface area contributed by atoms with Gasteiger partial charge in [0.1, 0.15) is 0 Å². The van der Waals surface area contributed by atoms with Gasteiger partial charge in [-0.3, -0.25) is 14.8 Å². The molecular weight excluding hydrogens is 324 g/mol. The van der Waals surface area contributed by atoms with Crippen LogP contribution in [0.15, 0.2) is 6.07 Å². The monoisotopic (exact) mass is 346 g/mol. The number of rotatable bonds is 2. The molecule has 0 spiro atoms. The second-order valence-corrected chi connectivity index (χ2v) is 9.50. The molecule has 2 N–H and O–H groups in total. The fourth-order valence-corrected chi connectivity index (χ4v) is 7.27. The first kappa shape index (κ1) is 14.9. The Morgan fingerprint density at radius 1 is 1.12 bits per heavy atom. The molecule has 0 unspecified atom stereocenters. The zero-order chi connectivity index (χ0) is 16.5. The largest absolute Gasteiger partial charge is 0.333 e. The summed E-state index contributed by atoms with van der Waals surface area (Å²) in [5.41, 5.74) is 2.66. The van der Waals surface area contributed by atoms with Crippen LogP contribution in [0.2, 0.25) is 0 Å². The highest BCUT2D eigenvalue weighted by Crippen LogP contribution is 2.60. The molecule has 2 heterocycles. The average molecular weight is 346 g/mol. The van der Waals surface area contributed by atoms with Crippen molar-refractivity contribution in [3.63, 3.8) is 0 Å². The van der Waals surface area contributed by atoms with E-state index in [4.69, 9.17) is 5.21 Å². The third-order valence-corrected chi connectivity index (χ3v) is 7.86. The van der Waals surface area contributed by atoms with Gasteiger partial charge < -0.3 is 4.90 Å². The molecule has 5 aliphatic rings. The fourth-order valence-electron chi connectivity index (χ4n) is 6.19. The second-order valence-electron chi connectivity index (χ2n) is 8.36. The molecule has 1 aliphatic heterocycles. The quantitative estimate of drug-likeness (QED) is 0.639. The van der Waals surface area contributed by atoms with E-state index in [9.17, 15) is 9.59 Å². The molecule has 24 heavy (non-hydrogen) atoms. The Hall–Kier alpha value is -1.40. The molecule has 1 aromatic heterocycles. The van der Waals surface area contributed by atoms with Crippen LogP contribution in [0.25, 0.3) is 0 Å². The number of hydrogen-bond acceptors (Lipinski definition) is 4. The van der Waals surface area contributed by atoms with Gasteiger partial charge in [0.05, 0.1) is 16.8 Å². The van der Waals surface area contributed by atoms with E-state index in [0.29, 0.717) is 23.9 Å². The maximum absolute atomic E-state index is 13.4. The lowest BCUT2D eigenvalue weighted by Gasteiger charge is -2.56. The Bertz CT molecular complexity index is 667. The van der Waals surface area contributed by atoms with E-state index in [2.05, 4.69) is 0 Å². The van der Waals surface area contributed by atoms with Crippen LogP contribution in [0.5, 0.6) is 0 Å². The Kier molecular flexibility index (Phi) is 3.14. The average Bonchev–Trinajstić information content (AvgIpc) is 3.10. The number of carbonyl (C=O) groups is 2. The summed E-state index contributed by atoms with van der Waals surface area (Å²) in [5, 5.41) is 8.76. The maximum Gasteiger partial charge on any atom is 0.284 e. The van der Waals surface area contributed by atoms with Gasteiger partial charge in [-0.05, 0) is 67.9 Å². The number of nitrogens with one attached hydrogen (secondary N) is 1. The molecule has 4 fully saturated rings. The van der Waals surface area contributed by atoms with E-state index in [-0.39, 0.29) is 5.41 Å². The van der Waals surface area contributed by atoms with Crippen LogP contribution >= 0.6 is 11.3 Å². The number of nitrogens with zero attached hydrogens (tertiary/aromatic N) is 1. The Morgan fingerprint density at radius 2 is 1.75 bits per heavy atom. The van der Waals surface area contributed by atoms with Crippen LogP contribution in [0.4, 0.5) is 0 Å². The summed E-state index contributed by atoms with van der Waals surface area (Å²) in [6, 6.07) is 1.82. The third-order valence-electron chi connectivity index (χ3n) is 6.70. The van der Waals surface area contributed by atoms with Crippen LogP contribution in [0.1, 0.15) is 58.6 Å². The summed E-state index contributed by atoms with van der Waals surface area (Å²) in [6.07, 6.45) is 7.33. The molecule has 4 aliphatic carbocycles. The molecule has 0 aromatic carbocycles. The second kappa shape index (κ2) is 5.05. The molecule has 4 saturated carbocycles. The van der Waals surface area contributed by atoms with E-state index in [0.717, 1.165) is 47.5 Å². The molecule has 6 heteroatoms. The molecule has 0 atom stereocenters. The fraction of sp³-hybridized carbons (Fsp3) is 0.667. The van der Waals surface area contributed by atoms with Crippen LogP contribution in [-0.2, 0) is 17.9 Å². The van der Waals surface area contributed by atoms with E-state index >= 15 is 0 Å². The SMILES string of the molecule is O=C(NO)c1cc2c(s1)CN(C(=O)C13CC4CC(CC(C4)C1)C3)C2. The normalized spacial score (nSPS) is 36.0. The van der Waals surface area contributed by atoms with Gasteiger partial charge in [0.25, 0.3) is 5.91 Å². The van der Waals surface area contributed by atoms with Gasteiger partial charge in [-0.2, -0.15) is 0 Å². The maximum atomic E-state index is 13.4. The molecule has 128 valence electrons. The lowest BCUT2D eigenvalue weighted by Crippen LogP contribution is -2.53. The van der Waals surface area contributed by atoms with Crippen molar-refractivity contribution >= 4 is 23.2 Å². The van der Waals surface area contributed by atoms with Crippen molar-refractivity contribution in [1.82, 2.24) is 10.4 Å². The molecule has 1 aromatic rings. The molecule has 4 bridgehead atoms. The van der Waals surface area contributed by atoms with Crippen LogP contribution < -0.4 is 5.48 Å². The van der Waals surface area contributed by atoms with Gasteiger partial charge >= 0.3 is 0 Å². The first-order valence-electron chi connectivity index (χ1n) is 8.92. The zero-order valence-electron chi connectivity index (χ0n) is 13.6. The molecule has 6 rings (SSSR count). The van der Waals surface area contributed by atoms with Crippen molar-refractivity contribution in [2.24, 2.45) is 23.2 Å². The predicted molar refractivity (Wildman–Crippen MR) is 88.4 cm³/mol. The van der Waals surface area contributed by atoms with Crippen LogP contribution in [0, 0.1) is 23.2 Å².